The number of pyridine rings is 1. The van der Waals surface area contributed by atoms with Crippen LogP contribution in [-0.4, -0.2) is 51.2 Å². The van der Waals surface area contributed by atoms with Gasteiger partial charge in [-0.1, -0.05) is 18.2 Å². The van der Waals surface area contributed by atoms with Gasteiger partial charge in [-0.3, -0.25) is 14.4 Å². The second-order valence-electron chi connectivity index (χ2n) is 7.22. The van der Waals surface area contributed by atoms with Gasteiger partial charge in [0.1, 0.15) is 28.2 Å². The quantitative estimate of drug-likeness (QED) is 0.314. The summed E-state index contributed by atoms with van der Waals surface area (Å²) in [7, 11) is -2.74. The van der Waals surface area contributed by atoms with Crippen molar-refractivity contribution in [1.82, 2.24) is 14.6 Å². The fourth-order valence-corrected chi connectivity index (χ4v) is 5.96. The molecule has 1 atom stereocenters. The third-order valence-electron chi connectivity index (χ3n) is 4.74. The van der Waals surface area contributed by atoms with Crippen LogP contribution in [0.4, 0.5) is 17.6 Å². The highest BCUT2D eigenvalue weighted by Gasteiger charge is 2.46. The van der Waals surface area contributed by atoms with Crippen LogP contribution in [0.1, 0.15) is 23.0 Å². The van der Waals surface area contributed by atoms with Gasteiger partial charge in [0.2, 0.25) is 5.96 Å². The van der Waals surface area contributed by atoms with Crippen LogP contribution in [0.5, 0.6) is 0 Å². The van der Waals surface area contributed by atoms with Crippen molar-refractivity contribution in [3.05, 3.63) is 64.1 Å². The second kappa shape index (κ2) is 8.87. The molecular formula is C19H20BrF4N5O2S. The first-order valence-corrected chi connectivity index (χ1v) is 11.9. The number of aliphatic imine (C=N–C) groups is 1. The molecule has 13 heteroatoms. The van der Waals surface area contributed by atoms with Gasteiger partial charge in [0.05, 0.1) is 5.75 Å². The summed E-state index contributed by atoms with van der Waals surface area (Å²) in [5.41, 5.74) is -1.64. The van der Waals surface area contributed by atoms with Gasteiger partial charge in [0.15, 0.2) is 0 Å². The first kappa shape index (κ1) is 24.3. The highest BCUT2D eigenvalue weighted by Crippen LogP contribution is 2.37. The Morgan fingerprint density at radius 2 is 1.97 bits per heavy atom. The van der Waals surface area contributed by atoms with Crippen LogP contribution >= 0.6 is 15.9 Å². The van der Waals surface area contributed by atoms with Crippen LogP contribution in [0.15, 0.2) is 56.4 Å². The standard InChI is InChI=1S/C19H20BrF4N5O2S/c1-18(15-13(21)8-9-14(20)26-15)11-32(31,25-2)29(10-19(22,23)24)17(28-18)27-16(30)12-6-4-3-5-7-12/h3-9,32H,10-11H2,1-2H3,(H,25,31)(H,27,28,30). The molecule has 1 aromatic heterocycles. The predicted molar refractivity (Wildman–Crippen MR) is 118 cm³/mol. The predicted octanol–water partition coefficient (Wildman–Crippen LogP) is 3.95. The van der Waals surface area contributed by atoms with Crippen LogP contribution in [-0.2, 0) is 15.8 Å². The number of carbonyl (C=O) groups excluding carboxylic acids is 1. The number of aromatic nitrogens is 1. The molecule has 2 N–H and O–H groups in total. The maximum absolute atomic E-state index is 14.6. The van der Waals surface area contributed by atoms with Gasteiger partial charge < -0.3 is 4.55 Å². The molecule has 0 saturated carbocycles. The molecule has 0 spiro atoms. The zero-order chi connectivity index (χ0) is 23.7. The summed E-state index contributed by atoms with van der Waals surface area (Å²) in [4.78, 5) is 21.0. The zero-order valence-electron chi connectivity index (χ0n) is 16.9. The van der Waals surface area contributed by atoms with Gasteiger partial charge in [-0.15, -0.1) is 0 Å². The van der Waals surface area contributed by atoms with E-state index in [4.69, 9.17) is 0 Å². The largest absolute Gasteiger partial charge is 0.407 e. The normalized spacial score (nSPS) is 21.5. The number of nitrogens with one attached hydrogen (secondary N) is 1. The van der Waals surface area contributed by atoms with Gasteiger partial charge in [-0.05, 0) is 57.4 Å². The van der Waals surface area contributed by atoms with E-state index in [2.05, 4.69) is 35.6 Å². The van der Waals surface area contributed by atoms with E-state index in [1.54, 1.807) is 18.2 Å². The van der Waals surface area contributed by atoms with E-state index in [1.807, 2.05) is 0 Å². The van der Waals surface area contributed by atoms with Crippen LogP contribution in [0.25, 0.3) is 0 Å². The molecule has 0 aliphatic carbocycles. The number of hydrogen-bond donors (Lipinski definition) is 3. The molecule has 1 aromatic carbocycles. The van der Waals surface area contributed by atoms with Crippen molar-refractivity contribution in [3.63, 3.8) is 0 Å². The lowest BCUT2D eigenvalue weighted by Gasteiger charge is -2.47. The fourth-order valence-electron chi connectivity index (χ4n) is 3.29. The Labute approximate surface area is 191 Å². The molecule has 2 heterocycles. The maximum Gasteiger partial charge on any atom is 0.407 e. The summed E-state index contributed by atoms with van der Waals surface area (Å²) in [5.74, 6) is -2.50. The monoisotopic (exact) mass is 537 g/mol. The Morgan fingerprint density at radius 3 is 2.56 bits per heavy atom. The first-order chi connectivity index (χ1) is 14.9. The maximum atomic E-state index is 14.6. The highest BCUT2D eigenvalue weighted by atomic mass is 79.9. The van der Waals surface area contributed by atoms with Crippen LogP contribution in [0.2, 0.25) is 0 Å². The van der Waals surface area contributed by atoms with Gasteiger partial charge in [0, 0.05) is 12.6 Å². The SMILES string of the molecule is CN=[SH]1(O)CC(C)(c2nc(Br)ccc2F)N=C(NC(=O)c2ccccc2)N1CC(F)(F)F. The summed E-state index contributed by atoms with van der Waals surface area (Å²) in [6.07, 6.45) is -4.73. The van der Waals surface area contributed by atoms with Crippen molar-refractivity contribution in [3.8, 4) is 0 Å². The molecular weight excluding hydrogens is 518 g/mol. The van der Waals surface area contributed by atoms with Crippen molar-refractivity contribution < 1.29 is 26.9 Å². The van der Waals surface area contributed by atoms with Crippen LogP contribution in [0.3, 0.4) is 0 Å². The van der Waals surface area contributed by atoms with Crippen LogP contribution < -0.4 is 5.32 Å². The molecule has 174 valence electrons. The van der Waals surface area contributed by atoms with Gasteiger partial charge in [0.25, 0.3) is 5.91 Å². The molecule has 0 fully saturated rings. The van der Waals surface area contributed by atoms with Crippen molar-refractivity contribution in [2.45, 2.75) is 18.6 Å². The number of halogens is 5. The number of benzene rings is 1. The van der Waals surface area contributed by atoms with Crippen LogP contribution in [0, 0.1) is 5.82 Å². The Bertz CT molecular complexity index is 1110. The molecule has 2 aromatic rings. The third kappa shape index (κ3) is 5.15. The van der Waals surface area contributed by atoms with E-state index in [1.165, 1.54) is 32.2 Å². The van der Waals surface area contributed by atoms with E-state index in [0.29, 0.717) is 4.31 Å². The van der Waals surface area contributed by atoms with E-state index < -0.39 is 52.0 Å². The summed E-state index contributed by atoms with van der Waals surface area (Å²) in [6.45, 7) is -0.187. The van der Waals surface area contributed by atoms with Gasteiger partial charge in [-0.25, -0.2) is 18.7 Å². The Morgan fingerprint density at radius 1 is 1.31 bits per heavy atom. The minimum absolute atomic E-state index is 0.163. The molecule has 7 nitrogen and oxygen atoms in total. The van der Waals surface area contributed by atoms with E-state index in [9.17, 15) is 26.9 Å². The molecule has 1 unspecified atom stereocenters. The number of guanidine groups is 1. The number of rotatable bonds is 3. The summed E-state index contributed by atoms with van der Waals surface area (Å²) < 4.78 is 70.6. The second-order valence-corrected chi connectivity index (χ2v) is 10.6. The van der Waals surface area contributed by atoms with Crippen molar-refractivity contribution in [1.29, 1.82) is 0 Å². The highest BCUT2D eigenvalue weighted by molar-refractivity contribution is 9.10. The molecule has 1 aliphatic heterocycles. The zero-order valence-corrected chi connectivity index (χ0v) is 19.4. The molecule has 0 bridgehead atoms. The molecule has 3 rings (SSSR count). The molecule has 0 saturated heterocycles. The summed E-state index contributed by atoms with van der Waals surface area (Å²) >= 11 is 3.14. The third-order valence-corrected chi connectivity index (χ3v) is 7.96. The summed E-state index contributed by atoms with van der Waals surface area (Å²) in [5, 5.41) is 2.34. The molecule has 0 radical (unpaired) electrons. The number of nitrogens with zero attached hydrogens (tertiary/aromatic N) is 4. The lowest BCUT2D eigenvalue weighted by Crippen LogP contribution is -2.60. The summed E-state index contributed by atoms with van der Waals surface area (Å²) in [6, 6.07) is 10.2. The van der Waals surface area contributed by atoms with Crippen molar-refractivity contribution in [2.75, 3.05) is 19.3 Å². The lowest BCUT2D eigenvalue weighted by molar-refractivity contribution is -0.131. The van der Waals surface area contributed by atoms with E-state index >= 15 is 0 Å². The average molecular weight is 538 g/mol. The van der Waals surface area contributed by atoms with E-state index in [-0.39, 0.29) is 15.9 Å². The molecule has 1 amide bonds. The van der Waals surface area contributed by atoms with Crippen molar-refractivity contribution >= 4 is 38.1 Å². The number of alkyl halides is 3. The Kier molecular flexibility index (Phi) is 6.72. The van der Waals surface area contributed by atoms with Crippen molar-refractivity contribution in [2.24, 2.45) is 9.36 Å². The first-order valence-electron chi connectivity index (χ1n) is 9.23. The van der Waals surface area contributed by atoms with E-state index in [0.717, 1.165) is 6.07 Å². The minimum Gasteiger partial charge on any atom is -0.328 e. The number of thiol groups is 1. The Hall–Kier alpha value is -2.38. The average Bonchev–Trinajstić information content (AvgIpc) is 2.72. The number of carbonyl (C=O) groups is 1. The smallest absolute Gasteiger partial charge is 0.328 e. The fraction of sp³-hybridized carbons (Fsp3) is 0.316. The minimum atomic E-state index is -4.73. The van der Waals surface area contributed by atoms with Gasteiger partial charge >= 0.3 is 6.18 Å². The number of hydrogen-bond acceptors (Lipinski definition) is 4. The van der Waals surface area contributed by atoms with Gasteiger partial charge in [-0.2, -0.15) is 13.2 Å². The molecule has 1 aliphatic rings. The molecule has 32 heavy (non-hydrogen) atoms. The lowest BCUT2D eigenvalue weighted by atomic mass is 10.00. The topological polar surface area (TPSA) is 90.2 Å². The number of amides is 1. The Balaban J connectivity index is 2.17.